The van der Waals surface area contributed by atoms with Crippen LogP contribution in [0.25, 0.3) is 11.5 Å². The smallest absolute Gasteiger partial charge is 0.247 e. The van der Waals surface area contributed by atoms with Crippen LogP contribution in [0, 0.1) is 11.3 Å². The van der Waals surface area contributed by atoms with Crippen molar-refractivity contribution >= 4 is 5.69 Å². The number of benzene rings is 2. The molecule has 1 atom stereocenters. The van der Waals surface area contributed by atoms with Crippen molar-refractivity contribution in [3.63, 3.8) is 0 Å². The highest BCUT2D eigenvalue weighted by Crippen LogP contribution is 2.28. The highest BCUT2D eigenvalue weighted by molar-refractivity contribution is 5.56. The number of nitriles is 1. The average molecular weight is 332 g/mol. The summed E-state index contributed by atoms with van der Waals surface area (Å²) in [6.07, 6.45) is 0.253. The second-order valence-corrected chi connectivity index (χ2v) is 6.06. The summed E-state index contributed by atoms with van der Waals surface area (Å²) in [4.78, 5) is 2.06. The van der Waals surface area contributed by atoms with E-state index in [9.17, 15) is 5.11 Å². The largest absolute Gasteiger partial charge is 0.419 e. The Bertz CT molecular complexity index is 927. The molecule has 0 spiro atoms. The number of hydrogen-bond donors (Lipinski definition) is 1. The van der Waals surface area contributed by atoms with Crippen molar-refractivity contribution in [2.24, 2.45) is 0 Å². The Morgan fingerprint density at radius 2 is 1.96 bits per heavy atom. The van der Waals surface area contributed by atoms with Gasteiger partial charge in [-0.05, 0) is 35.9 Å². The van der Waals surface area contributed by atoms with Gasteiger partial charge in [0.05, 0.1) is 24.3 Å². The molecular formula is C19H16N4O2. The van der Waals surface area contributed by atoms with Crippen LogP contribution >= 0.6 is 0 Å². The summed E-state index contributed by atoms with van der Waals surface area (Å²) in [6.45, 7) is 0.975. The van der Waals surface area contributed by atoms with E-state index in [4.69, 9.17) is 9.68 Å². The Morgan fingerprint density at radius 3 is 2.76 bits per heavy atom. The molecule has 0 saturated heterocycles. The molecule has 0 amide bonds. The maximum absolute atomic E-state index is 10.1. The van der Waals surface area contributed by atoms with E-state index in [0.717, 1.165) is 16.8 Å². The molecule has 2 heterocycles. The fourth-order valence-corrected chi connectivity index (χ4v) is 3.10. The highest BCUT2D eigenvalue weighted by Gasteiger charge is 2.24. The lowest BCUT2D eigenvalue weighted by molar-refractivity contribution is 0.174. The summed E-state index contributed by atoms with van der Waals surface area (Å²) in [6, 6.07) is 17.1. The van der Waals surface area contributed by atoms with Gasteiger partial charge in [-0.1, -0.05) is 18.2 Å². The second-order valence-electron chi connectivity index (χ2n) is 6.06. The summed E-state index contributed by atoms with van der Waals surface area (Å²) >= 11 is 0. The van der Waals surface area contributed by atoms with Crippen LogP contribution in [0.5, 0.6) is 0 Å². The van der Waals surface area contributed by atoms with E-state index in [1.165, 1.54) is 0 Å². The van der Waals surface area contributed by atoms with Crippen molar-refractivity contribution in [3.8, 4) is 17.5 Å². The van der Waals surface area contributed by atoms with Gasteiger partial charge >= 0.3 is 0 Å². The third-order valence-corrected chi connectivity index (χ3v) is 4.27. The molecule has 0 fully saturated rings. The Morgan fingerprint density at radius 1 is 1.16 bits per heavy atom. The van der Waals surface area contributed by atoms with E-state index in [1.807, 2.05) is 24.3 Å². The number of β-amino-alcohol motifs (C(OH)–C–C–N with tert-alkyl or cyclic N) is 1. The molecular weight excluding hydrogens is 316 g/mol. The van der Waals surface area contributed by atoms with Crippen LogP contribution in [0.3, 0.4) is 0 Å². The van der Waals surface area contributed by atoms with Gasteiger partial charge in [-0.2, -0.15) is 5.26 Å². The number of anilines is 1. The zero-order chi connectivity index (χ0) is 17.2. The first-order chi connectivity index (χ1) is 12.2. The molecule has 124 valence electrons. The molecule has 2 aromatic carbocycles. The number of hydrogen-bond acceptors (Lipinski definition) is 6. The van der Waals surface area contributed by atoms with E-state index in [-0.39, 0.29) is 0 Å². The maximum Gasteiger partial charge on any atom is 0.247 e. The van der Waals surface area contributed by atoms with Gasteiger partial charge in [0.2, 0.25) is 11.8 Å². The van der Waals surface area contributed by atoms with Crippen LogP contribution in [-0.2, 0) is 13.0 Å². The Hall–Kier alpha value is -3.17. The molecule has 0 saturated carbocycles. The fourth-order valence-electron chi connectivity index (χ4n) is 3.10. The van der Waals surface area contributed by atoms with Crippen LogP contribution < -0.4 is 4.90 Å². The van der Waals surface area contributed by atoms with Crippen molar-refractivity contribution in [2.45, 2.75) is 19.1 Å². The standard InChI is InChI=1S/C19H16N4O2/c20-10-13-5-7-14(8-6-13)19-22-21-18(25-19)12-23-11-16(24)9-15-3-1-2-4-17(15)23/h1-8,16,24H,9,11-12H2. The lowest BCUT2D eigenvalue weighted by Crippen LogP contribution is -2.38. The summed E-state index contributed by atoms with van der Waals surface area (Å²) in [7, 11) is 0. The number of fused-ring (bicyclic) bond motifs is 1. The summed E-state index contributed by atoms with van der Waals surface area (Å²) in [5.74, 6) is 0.911. The molecule has 0 radical (unpaired) electrons. The van der Waals surface area contributed by atoms with Gasteiger partial charge in [-0.15, -0.1) is 10.2 Å². The van der Waals surface area contributed by atoms with Crippen LogP contribution in [0.1, 0.15) is 17.0 Å². The molecule has 1 unspecified atom stereocenters. The van der Waals surface area contributed by atoms with Gasteiger partial charge in [0.25, 0.3) is 0 Å². The molecule has 4 rings (SSSR count). The molecule has 1 aliphatic rings. The normalized spacial score (nSPS) is 16.3. The molecule has 25 heavy (non-hydrogen) atoms. The number of aliphatic hydroxyl groups excluding tert-OH is 1. The summed E-state index contributed by atoms with van der Waals surface area (Å²) in [5.41, 5.74) is 3.57. The van der Waals surface area contributed by atoms with E-state index < -0.39 is 6.10 Å². The maximum atomic E-state index is 10.1. The minimum atomic E-state index is -0.407. The van der Waals surface area contributed by atoms with Gasteiger partial charge in [-0.3, -0.25) is 0 Å². The Balaban J connectivity index is 1.56. The van der Waals surface area contributed by atoms with E-state index >= 15 is 0 Å². The molecule has 0 bridgehead atoms. The number of aliphatic hydroxyl groups is 1. The van der Waals surface area contributed by atoms with Gasteiger partial charge in [-0.25, -0.2) is 0 Å². The summed E-state index contributed by atoms with van der Waals surface area (Å²) < 4.78 is 5.77. The molecule has 0 aliphatic carbocycles. The lowest BCUT2D eigenvalue weighted by Gasteiger charge is -2.33. The van der Waals surface area contributed by atoms with Crippen LogP contribution in [0.2, 0.25) is 0 Å². The van der Waals surface area contributed by atoms with Crippen molar-refractivity contribution < 1.29 is 9.52 Å². The number of rotatable bonds is 3. The Labute approximate surface area is 145 Å². The number of aromatic nitrogens is 2. The Kier molecular flexibility index (Phi) is 3.92. The molecule has 6 heteroatoms. The number of para-hydroxylation sites is 1. The van der Waals surface area contributed by atoms with E-state index in [1.54, 1.807) is 24.3 Å². The molecule has 1 aliphatic heterocycles. The quantitative estimate of drug-likeness (QED) is 0.793. The van der Waals surface area contributed by atoms with Crippen molar-refractivity contribution in [1.82, 2.24) is 10.2 Å². The first-order valence-electron chi connectivity index (χ1n) is 8.07. The first-order valence-corrected chi connectivity index (χ1v) is 8.07. The molecule has 3 aromatic rings. The summed E-state index contributed by atoms with van der Waals surface area (Å²) in [5, 5.41) is 27.2. The number of nitrogens with zero attached hydrogens (tertiary/aromatic N) is 4. The minimum absolute atomic E-state index is 0.407. The monoisotopic (exact) mass is 332 g/mol. The van der Waals surface area contributed by atoms with E-state index in [2.05, 4.69) is 21.2 Å². The van der Waals surface area contributed by atoms with Gasteiger partial charge in [0.15, 0.2) is 0 Å². The zero-order valence-corrected chi connectivity index (χ0v) is 13.5. The van der Waals surface area contributed by atoms with Gasteiger partial charge < -0.3 is 14.4 Å². The molecule has 6 nitrogen and oxygen atoms in total. The van der Waals surface area contributed by atoms with Gasteiger partial charge in [0.1, 0.15) is 0 Å². The third-order valence-electron chi connectivity index (χ3n) is 4.27. The fraction of sp³-hybridized carbons (Fsp3) is 0.211. The predicted molar refractivity (Wildman–Crippen MR) is 91.7 cm³/mol. The SMILES string of the molecule is N#Cc1ccc(-c2nnc(CN3CC(O)Cc4ccccc43)o2)cc1. The molecule has 1 N–H and O–H groups in total. The zero-order valence-electron chi connectivity index (χ0n) is 13.5. The first kappa shape index (κ1) is 15.4. The minimum Gasteiger partial charge on any atom is -0.419 e. The van der Waals surface area contributed by atoms with Crippen molar-refractivity contribution in [3.05, 3.63) is 65.5 Å². The highest BCUT2D eigenvalue weighted by atomic mass is 16.4. The van der Waals surface area contributed by atoms with Crippen LogP contribution in [0.4, 0.5) is 5.69 Å². The predicted octanol–water partition coefficient (Wildman–Crippen LogP) is 2.53. The topological polar surface area (TPSA) is 86.2 Å². The average Bonchev–Trinajstić information content (AvgIpc) is 3.10. The van der Waals surface area contributed by atoms with Crippen molar-refractivity contribution in [2.75, 3.05) is 11.4 Å². The molecule has 1 aromatic heterocycles. The van der Waals surface area contributed by atoms with Gasteiger partial charge in [0, 0.05) is 24.2 Å². The third kappa shape index (κ3) is 3.10. The van der Waals surface area contributed by atoms with Crippen LogP contribution in [-0.4, -0.2) is 28.0 Å². The van der Waals surface area contributed by atoms with Crippen LogP contribution in [0.15, 0.2) is 52.9 Å². The van der Waals surface area contributed by atoms with Crippen molar-refractivity contribution in [1.29, 1.82) is 5.26 Å². The second kappa shape index (κ2) is 6.38. The van der Waals surface area contributed by atoms with E-state index in [0.29, 0.717) is 36.9 Å². The lowest BCUT2D eigenvalue weighted by atomic mass is 10.00.